The lowest BCUT2D eigenvalue weighted by Crippen LogP contribution is -2.44. The van der Waals surface area contributed by atoms with Crippen LogP contribution in [0.15, 0.2) is 36.7 Å². The molecule has 132 valence electrons. The van der Waals surface area contributed by atoms with Crippen LogP contribution in [0.1, 0.15) is 19.4 Å². The van der Waals surface area contributed by atoms with Gasteiger partial charge in [0.25, 0.3) is 0 Å². The van der Waals surface area contributed by atoms with Crippen molar-refractivity contribution >= 4 is 23.3 Å². The highest BCUT2D eigenvalue weighted by molar-refractivity contribution is 6.30. The topological polar surface area (TPSA) is 63.7 Å². The van der Waals surface area contributed by atoms with Crippen LogP contribution in [0.3, 0.4) is 0 Å². The third kappa shape index (κ3) is 4.14. The zero-order valence-corrected chi connectivity index (χ0v) is 15.1. The van der Waals surface area contributed by atoms with Gasteiger partial charge in [0.05, 0.1) is 37.1 Å². The minimum atomic E-state index is -0.540. The monoisotopic (exact) mass is 361 g/mol. The van der Waals surface area contributed by atoms with E-state index >= 15 is 0 Å². The average molecular weight is 362 g/mol. The number of pyridine rings is 1. The molecule has 3 rings (SSSR count). The third-order valence-corrected chi connectivity index (χ3v) is 4.04. The maximum Gasteiger partial charge on any atom is 0.322 e. The summed E-state index contributed by atoms with van der Waals surface area (Å²) in [7, 11) is 1.61. The zero-order valence-electron chi connectivity index (χ0n) is 14.4. The molecule has 1 aliphatic rings. The molecule has 0 atom stereocenters. The Morgan fingerprint density at radius 1 is 1.36 bits per heavy atom. The Labute approximate surface area is 151 Å². The maximum atomic E-state index is 12.7. The molecule has 0 saturated carbocycles. The second kappa shape index (κ2) is 6.80. The number of amides is 2. The van der Waals surface area contributed by atoms with E-state index in [1.807, 2.05) is 32.0 Å². The SMILES string of the molecule is COc1ccc2c(c1)OC(C)(C)CN(C(=O)Nc1cncc(Cl)c1)C2. The summed E-state index contributed by atoms with van der Waals surface area (Å²) in [5.41, 5.74) is 0.933. The Bertz CT molecular complexity index is 795. The fourth-order valence-electron chi connectivity index (χ4n) is 2.76. The van der Waals surface area contributed by atoms with Crippen LogP contribution in [0.25, 0.3) is 0 Å². The van der Waals surface area contributed by atoms with E-state index in [0.29, 0.717) is 23.8 Å². The van der Waals surface area contributed by atoms with Gasteiger partial charge in [0, 0.05) is 17.8 Å². The summed E-state index contributed by atoms with van der Waals surface area (Å²) in [4.78, 5) is 18.4. The highest BCUT2D eigenvalue weighted by Crippen LogP contribution is 2.32. The molecule has 2 heterocycles. The van der Waals surface area contributed by atoms with Crippen LogP contribution in [-0.4, -0.2) is 35.2 Å². The van der Waals surface area contributed by atoms with Gasteiger partial charge in [-0.15, -0.1) is 0 Å². The van der Waals surface area contributed by atoms with Crippen molar-refractivity contribution in [1.29, 1.82) is 0 Å². The number of hydrogen-bond donors (Lipinski definition) is 1. The normalized spacial score (nSPS) is 15.6. The van der Waals surface area contributed by atoms with Gasteiger partial charge in [-0.2, -0.15) is 0 Å². The Hall–Kier alpha value is -2.47. The van der Waals surface area contributed by atoms with Crippen LogP contribution < -0.4 is 14.8 Å². The lowest BCUT2D eigenvalue weighted by atomic mass is 10.1. The fourth-order valence-corrected chi connectivity index (χ4v) is 2.94. The first kappa shape index (κ1) is 17.4. The van der Waals surface area contributed by atoms with Crippen LogP contribution in [0.4, 0.5) is 10.5 Å². The van der Waals surface area contributed by atoms with E-state index in [-0.39, 0.29) is 6.03 Å². The summed E-state index contributed by atoms with van der Waals surface area (Å²) in [5.74, 6) is 1.45. The van der Waals surface area contributed by atoms with E-state index in [4.69, 9.17) is 21.1 Å². The van der Waals surface area contributed by atoms with Crippen molar-refractivity contribution in [2.45, 2.75) is 26.0 Å². The molecule has 25 heavy (non-hydrogen) atoms. The van der Waals surface area contributed by atoms with Crippen molar-refractivity contribution in [1.82, 2.24) is 9.88 Å². The molecular formula is C18H20ClN3O3. The first-order chi connectivity index (χ1) is 11.9. The van der Waals surface area contributed by atoms with E-state index in [9.17, 15) is 4.79 Å². The molecule has 0 radical (unpaired) electrons. The standard InChI is InChI=1S/C18H20ClN3O3/c1-18(2)11-22(17(23)21-14-6-13(19)8-20-9-14)10-12-4-5-15(24-3)7-16(12)25-18/h4-9H,10-11H2,1-3H3,(H,21,23). The number of ether oxygens (including phenoxy) is 2. The van der Waals surface area contributed by atoms with E-state index < -0.39 is 5.60 Å². The summed E-state index contributed by atoms with van der Waals surface area (Å²) in [6.45, 7) is 4.76. The highest BCUT2D eigenvalue weighted by Gasteiger charge is 2.31. The number of aromatic nitrogens is 1. The number of carbonyl (C=O) groups excluding carboxylic acids is 1. The predicted octanol–water partition coefficient (Wildman–Crippen LogP) is 3.95. The molecule has 1 N–H and O–H groups in total. The lowest BCUT2D eigenvalue weighted by molar-refractivity contribution is 0.0833. The second-order valence-electron chi connectivity index (χ2n) is 6.51. The Balaban J connectivity index is 1.84. The summed E-state index contributed by atoms with van der Waals surface area (Å²) < 4.78 is 11.4. The van der Waals surface area contributed by atoms with E-state index in [0.717, 1.165) is 17.1 Å². The highest BCUT2D eigenvalue weighted by atomic mass is 35.5. The van der Waals surface area contributed by atoms with Gasteiger partial charge in [0.15, 0.2) is 0 Å². The van der Waals surface area contributed by atoms with Crippen molar-refractivity contribution in [2.75, 3.05) is 19.0 Å². The summed E-state index contributed by atoms with van der Waals surface area (Å²) >= 11 is 5.92. The quantitative estimate of drug-likeness (QED) is 0.879. The van der Waals surface area contributed by atoms with Crippen molar-refractivity contribution in [2.24, 2.45) is 0 Å². The molecule has 1 aromatic heterocycles. The molecule has 1 aromatic carbocycles. The Kier molecular flexibility index (Phi) is 4.72. The maximum absolute atomic E-state index is 12.7. The van der Waals surface area contributed by atoms with Crippen LogP contribution >= 0.6 is 11.6 Å². The number of anilines is 1. The van der Waals surface area contributed by atoms with Gasteiger partial charge in [0.2, 0.25) is 0 Å². The number of hydrogen-bond acceptors (Lipinski definition) is 4. The number of rotatable bonds is 2. The van der Waals surface area contributed by atoms with Gasteiger partial charge in [-0.1, -0.05) is 11.6 Å². The second-order valence-corrected chi connectivity index (χ2v) is 6.95. The van der Waals surface area contributed by atoms with Crippen LogP contribution in [0.2, 0.25) is 5.02 Å². The van der Waals surface area contributed by atoms with Gasteiger partial charge in [-0.3, -0.25) is 4.98 Å². The van der Waals surface area contributed by atoms with Crippen molar-refractivity contribution in [3.05, 3.63) is 47.2 Å². The van der Waals surface area contributed by atoms with Crippen molar-refractivity contribution in [3.63, 3.8) is 0 Å². The van der Waals surface area contributed by atoms with Crippen LogP contribution in [-0.2, 0) is 6.54 Å². The molecule has 6 nitrogen and oxygen atoms in total. The number of fused-ring (bicyclic) bond motifs is 1. The van der Waals surface area contributed by atoms with Gasteiger partial charge >= 0.3 is 6.03 Å². The Morgan fingerprint density at radius 2 is 2.16 bits per heavy atom. The van der Waals surface area contributed by atoms with Crippen molar-refractivity contribution in [3.8, 4) is 11.5 Å². The first-order valence-corrected chi connectivity index (χ1v) is 8.26. The molecule has 0 aliphatic carbocycles. The molecule has 2 aromatic rings. The summed E-state index contributed by atoms with van der Waals surface area (Å²) in [6.07, 6.45) is 3.08. The largest absolute Gasteiger partial charge is 0.497 e. The number of methoxy groups -OCH3 is 1. The summed E-state index contributed by atoms with van der Waals surface area (Å²) in [5, 5.41) is 3.30. The molecule has 0 spiro atoms. The molecule has 0 unspecified atom stereocenters. The van der Waals surface area contributed by atoms with Gasteiger partial charge < -0.3 is 19.7 Å². The number of urea groups is 1. The molecule has 0 saturated heterocycles. The molecular weight excluding hydrogens is 342 g/mol. The molecule has 0 bridgehead atoms. The number of nitrogens with one attached hydrogen (secondary N) is 1. The lowest BCUT2D eigenvalue weighted by Gasteiger charge is -2.29. The third-order valence-electron chi connectivity index (χ3n) is 3.84. The smallest absolute Gasteiger partial charge is 0.322 e. The van der Waals surface area contributed by atoms with Crippen LogP contribution in [0.5, 0.6) is 11.5 Å². The molecule has 0 fully saturated rings. The Morgan fingerprint density at radius 3 is 2.88 bits per heavy atom. The first-order valence-electron chi connectivity index (χ1n) is 7.89. The molecule has 2 amide bonds. The van der Waals surface area contributed by atoms with E-state index in [2.05, 4.69) is 10.3 Å². The average Bonchev–Trinajstić information content (AvgIpc) is 2.68. The van der Waals surface area contributed by atoms with E-state index in [1.165, 1.54) is 6.20 Å². The predicted molar refractivity (Wildman–Crippen MR) is 96.4 cm³/mol. The minimum absolute atomic E-state index is 0.232. The number of benzene rings is 1. The minimum Gasteiger partial charge on any atom is -0.497 e. The van der Waals surface area contributed by atoms with Crippen LogP contribution in [0, 0.1) is 0 Å². The summed E-state index contributed by atoms with van der Waals surface area (Å²) in [6, 6.07) is 7.04. The molecule has 1 aliphatic heterocycles. The number of nitrogens with zero attached hydrogens (tertiary/aromatic N) is 2. The van der Waals surface area contributed by atoms with Gasteiger partial charge in [-0.25, -0.2) is 4.79 Å². The van der Waals surface area contributed by atoms with E-state index in [1.54, 1.807) is 24.3 Å². The van der Waals surface area contributed by atoms with Crippen molar-refractivity contribution < 1.29 is 14.3 Å². The number of halogens is 1. The fraction of sp³-hybridized carbons (Fsp3) is 0.333. The number of carbonyl (C=O) groups is 1. The van der Waals surface area contributed by atoms with Gasteiger partial charge in [0.1, 0.15) is 17.1 Å². The van der Waals surface area contributed by atoms with Gasteiger partial charge in [-0.05, 0) is 32.0 Å². The zero-order chi connectivity index (χ0) is 18.0. The molecule has 7 heteroatoms.